The number of nitriles is 1. The van der Waals surface area contributed by atoms with Crippen molar-refractivity contribution in [3.63, 3.8) is 0 Å². The van der Waals surface area contributed by atoms with E-state index in [9.17, 15) is 10.1 Å². The number of hydrogen-bond acceptors (Lipinski definition) is 2. The summed E-state index contributed by atoms with van der Waals surface area (Å²) >= 11 is 0. The SMILES string of the molecule is Cc1ccccc1/C=C(\C#N)C(=O)NC1CCCCC1C. The molecule has 0 heterocycles. The quantitative estimate of drug-likeness (QED) is 0.680. The maximum atomic E-state index is 12.3. The van der Waals surface area contributed by atoms with E-state index in [1.54, 1.807) is 6.08 Å². The van der Waals surface area contributed by atoms with E-state index in [0.717, 1.165) is 30.4 Å². The number of aryl methyl sites for hydroxylation is 1. The van der Waals surface area contributed by atoms with E-state index in [1.165, 1.54) is 6.42 Å². The fourth-order valence-corrected chi connectivity index (χ4v) is 2.83. The van der Waals surface area contributed by atoms with E-state index in [0.29, 0.717) is 5.92 Å². The highest BCUT2D eigenvalue weighted by atomic mass is 16.1. The average Bonchev–Trinajstić information content (AvgIpc) is 2.48. The molecular weight excluding hydrogens is 260 g/mol. The Morgan fingerprint density at radius 3 is 2.71 bits per heavy atom. The first-order chi connectivity index (χ1) is 10.1. The normalized spacial score (nSPS) is 22.4. The molecule has 0 radical (unpaired) electrons. The van der Waals surface area contributed by atoms with Crippen LogP contribution in [0.2, 0.25) is 0 Å². The van der Waals surface area contributed by atoms with Crippen LogP contribution in [0.1, 0.15) is 43.7 Å². The minimum atomic E-state index is -0.250. The third kappa shape index (κ3) is 3.95. The Kier molecular flexibility index (Phi) is 5.16. The second kappa shape index (κ2) is 7.08. The summed E-state index contributed by atoms with van der Waals surface area (Å²) in [5.74, 6) is 0.237. The van der Waals surface area contributed by atoms with E-state index in [1.807, 2.05) is 37.3 Å². The molecule has 1 saturated carbocycles. The molecule has 0 aliphatic heterocycles. The molecule has 0 saturated heterocycles. The van der Waals surface area contributed by atoms with Crippen LogP contribution >= 0.6 is 0 Å². The zero-order valence-corrected chi connectivity index (χ0v) is 12.7. The molecule has 3 heteroatoms. The molecule has 1 aliphatic carbocycles. The Hall–Kier alpha value is -2.08. The molecule has 1 amide bonds. The zero-order valence-electron chi connectivity index (χ0n) is 12.7. The van der Waals surface area contributed by atoms with Gasteiger partial charge in [-0.25, -0.2) is 0 Å². The van der Waals surface area contributed by atoms with Crippen molar-refractivity contribution in [1.82, 2.24) is 5.32 Å². The van der Waals surface area contributed by atoms with Gasteiger partial charge in [0.1, 0.15) is 11.6 Å². The van der Waals surface area contributed by atoms with Crippen LogP contribution in [-0.2, 0) is 4.79 Å². The number of benzene rings is 1. The first-order valence-corrected chi connectivity index (χ1v) is 7.60. The number of hydrogen-bond donors (Lipinski definition) is 1. The summed E-state index contributed by atoms with van der Waals surface area (Å²) in [5.41, 5.74) is 2.16. The van der Waals surface area contributed by atoms with Crippen molar-refractivity contribution in [2.75, 3.05) is 0 Å². The van der Waals surface area contributed by atoms with Gasteiger partial charge in [0.25, 0.3) is 5.91 Å². The number of amides is 1. The molecule has 0 spiro atoms. The fraction of sp³-hybridized carbons (Fsp3) is 0.444. The summed E-state index contributed by atoms with van der Waals surface area (Å²) in [6.07, 6.45) is 6.22. The minimum absolute atomic E-state index is 0.182. The molecule has 1 aromatic rings. The summed E-state index contributed by atoms with van der Waals surface area (Å²) < 4.78 is 0. The minimum Gasteiger partial charge on any atom is -0.348 e. The van der Waals surface area contributed by atoms with Crippen LogP contribution in [0.3, 0.4) is 0 Å². The van der Waals surface area contributed by atoms with Gasteiger partial charge in [-0.3, -0.25) is 4.79 Å². The van der Waals surface area contributed by atoms with Crippen molar-refractivity contribution < 1.29 is 4.79 Å². The molecule has 110 valence electrons. The zero-order chi connectivity index (χ0) is 15.2. The summed E-state index contributed by atoms with van der Waals surface area (Å²) in [5, 5.41) is 12.3. The third-order valence-electron chi connectivity index (χ3n) is 4.28. The van der Waals surface area contributed by atoms with E-state index in [-0.39, 0.29) is 17.5 Å². The van der Waals surface area contributed by atoms with Crippen LogP contribution < -0.4 is 5.32 Å². The first kappa shape index (κ1) is 15.3. The Labute approximate surface area is 126 Å². The molecular formula is C18H22N2O. The van der Waals surface area contributed by atoms with Gasteiger partial charge in [-0.2, -0.15) is 5.26 Å². The first-order valence-electron chi connectivity index (χ1n) is 7.60. The van der Waals surface area contributed by atoms with Crippen molar-refractivity contribution >= 4 is 12.0 Å². The Morgan fingerprint density at radius 1 is 1.33 bits per heavy atom. The predicted octanol–water partition coefficient (Wildman–Crippen LogP) is 3.60. The van der Waals surface area contributed by atoms with Gasteiger partial charge in [0.2, 0.25) is 0 Å². The maximum Gasteiger partial charge on any atom is 0.262 e. The van der Waals surface area contributed by atoms with Crippen LogP contribution in [-0.4, -0.2) is 11.9 Å². The van der Waals surface area contributed by atoms with Crippen LogP contribution in [0.15, 0.2) is 29.8 Å². The third-order valence-corrected chi connectivity index (χ3v) is 4.28. The molecule has 2 atom stereocenters. The van der Waals surface area contributed by atoms with E-state index >= 15 is 0 Å². The second-order valence-corrected chi connectivity index (χ2v) is 5.87. The number of nitrogens with one attached hydrogen (secondary N) is 1. The topological polar surface area (TPSA) is 52.9 Å². The number of carbonyl (C=O) groups excluding carboxylic acids is 1. The molecule has 1 aromatic carbocycles. The largest absolute Gasteiger partial charge is 0.348 e. The van der Waals surface area contributed by atoms with E-state index in [2.05, 4.69) is 12.2 Å². The van der Waals surface area contributed by atoms with Crippen molar-refractivity contribution in [2.24, 2.45) is 5.92 Å². The number of nitrogens with zero attached hydrogens (tertiary/aromatic N) is 1. The van der Waals surface area contributed by atoms with E-state index < -0.39 is 0 Å². The molecule has 0 bridgehead atoms. The highest BCUT2D eigenvalue weighted by Crippen LogP contribution is 2.24. The molecule has 2 rings (SSSR count). The molecule has 21 heavy (non-hydrogen) atoms. The second-order valence-electron chi connectivity index (χ2n) is 5.87. The molecule has 2 unspecified atom stereocenters. The molecule has 1 N–H and O–H groups in total. The van der Waals surface area contributed by atoms with Crippen LogP contribution in [0, 0.1) is 24.2 Å². The standard InChI is InChI=1S/C18H22N2O/c1-13-7-3-5-9-15(13)11-16(12-19)18(21)20-17-10-6-4-8-14(17)2/h3,5,7,9,11,14,17H,4,6,8,10H2,1-2H3,(H,20,21)/b16-11+. The van der Waals surface area contributed by atoms with Gasteiger partial charge >= 0.3 is 0 Å². The van der Waals surface area contributed by atoms with Crippen molar-refractivity contribution in [1.29, 1.82) is 5.26 Å². The lowest BCUT2D eigenvalue weighted by Gasteiger charge is -2.29. The highest BCUT2D eigenvalue weighted by molar-refractivity contribution is 6.02. The van der Waals surface area contributed by atoms with Crippen LogP contribution in [0.25, 0.3) is 6.08 Å². The molecule has 0 aromatic heterocycles. The average molecular weight is 282 g/mol. The lowest BCUT2D eigenvalue weighted by molar-refractivity contribution is -0.118. The van der Waals surface area contributed by atoms with Crippen molar-refractivity contribution in [2.45, 2.75) is 45.6 Å². The Bertz CT molecular complexity index is 583. The number of carbonyl (C=O) groups is 1. The molecule has 1 aliphatic rings. The van der Waals surface area contributed by atoms with Crippen molar-refractivity contribution in [3.05, 3.63) is 41.0 Å². The summed E-state index contributed by atoms with van der Waals surface area (Å²) in [4.78, 5) is 12.3. The number of rotatable bonds is 3. The summed E-state index contributed by atoms with van der Waals surface area (Å²) in [6, 6.07) is 9.98. The van der Waals surface area contributed by atoms with Gasteiger partial charge in [0.15, 0.2) is 0 Å². The van der Waals surface area contributed by atoms with Crippen LogP contribution in [0.4, 0.5) is 0 Å². The molecule has 3 nitrogen and oxygen atoms in total. The van der Waals surface area contributed by atoms with Crippen LogP contribution in [0.5, 0.6) is 0 Å². The monoisotopic (exact) mass is 282 g/mol. The van der Waals surface area contributed by atoms with Gasteiger partial charge < -0.3 is 5.32 Å². The van der Waals surface area contributed by atoms with Gasteiger partial charge in [-0.15, -0.1) is 0 Å². The lowest BCUT2D eigenvalue weighted by Crippen LogP contribution is -2.41. The van der Waals surface area contributed by atoms with Gasteiger partial charge in [-0.05, 0) is 42.9 Å². The fourth-order valence-electron chi connectivity index (χ4n) is 2.83. The van der Waals surface area contributed by atoms with Gasteiger partial charge in [0.05, 0.1) is 0 Å². The highest BCUT2D eigenvalue weighted by Gasteiger charge is 2.24. The Balaban J connectivity index is 2.12. The molecule has 1 fully saturated rings. The smallest absolute Gasteiger partial charge is 0.262 e. The van der Waals surface area contributed by atoms with E-state index in [4.69, 9.17) is 0 Å². The van der Waals surface area contributed by atoms with Gasteiger partial charge in [-0.1, -0.05) is 44.0 Å². The maximum absolute atomic E-state index is 12.3. The summed E-state index contributed by atoms with van der Waals surface area (Å²) in [6.45, 7) is 4.14. The lowest BCUT2D eigenvalue weighted by atomic mass is 9.86. The predicted molar refractivity (Wildman–Crippen MR) is 84.3 cm³/mol. The Morgan fingerprint density at radius 2 is 2.05 bits per heavy atom. The van der Waals surface area contributed by atoms with Crippen molar-refractivity contribution in [3.8, 4) is 6.07 Å². The summed E-state index contributed by atoms with van der Waals surface area (Å²) in [7, 11) is 0. The van der Waals surface area contributed by atoms with Gasteiger partial charge in [0, 0.05) is 6.04 Å².